The highest BCUT2D eigenvalue weighted by atomic mass is 16.7. The molecular weight excluding hydrogens is 294 g/mol. The van der Waals surface area contributed by atoms with Crippen LogP contribution < -0.4 is 9.47 Å². The molecule has 0 radical (unpaired) electrons. The molecular formula is C18H25NO4. The molecule has 2 aliphatic heterocycles. The summed E-state index contributed by atoms with van der Waals surface area (Å²) in [5.74, 6) is 1.54. The predicted molar refractivity (Wildman–Crippen MR) is 88.4 cm³/mol. The average molecular weight is 319 g/mol. The van der Waals surface area contributed by atoms with Crippen molar-refractivity contribution in [2.24, 2.45) is 5.16 Å². The first kappa shape index (κ1) is 16.1. The van der Waals surface area contributed by atoms with Crippen LogP contribution in [0.25, 0.3) is 0 Å². The number of ether oxygens (including phenoxy) is 3. The molecule has 1 atom stereocenters. The lowest BCUT2D eigenvalue weighted by Gasteiger charge is -2.18. The lowest BCUT2D eigenvalue weighted by atomic mass is 9.93. The normalized spacial score (nSPS) is 23.2. The highest BCUT2D eigenvalue weighted by molar-refractivity contribution is 6.02. The molecule has 1 spiro atoms. The minimum atomic E-state index is -0.257. The monoisotopic (exact) mass is 319 g/mol. The summed E-state index contributed by atoms with van der Waals surface area (Å²) in [5, 5.41) is 4.29. The first-order valence-corrected chi connectivity index (χ1v) is 8.38. The van der Waals surface area contributed by atoms with Crippen LogP contribution in [0.3, 0.4) is 0 Å². The third-order valence-electron chi connectivity index (χ3n) is 4.01. The largest absolute Gasteiger partial charge is 0.490 e. The fraction of sp³-hybridized carbons (Fsp3) is 0.611. The first-order chi connectivity index (χ1) is 11.1. The molecule has 1 aromatic rings. The van der Waals surface area contributed by atoms with E-state index in [9.17, 15) is 0 Å². The second-order valence-electron chi connectivity index (χ2n) is 6.47. The maximum atomic E-state index is 5.86. The van der Waals surface area contributed by atoms with E-state index < -0.39 is 0 Å². The quantitative estimate of drug-likeness (QED) is 0.804. The molecule has 5 nitrogen and oxygen atoms in total. The molecule has 0 N–H and O–H groups in total. The van der Waals surface area contributed by atoms with E-state index in [4.69, 9.17) is 19.0 Å². The third kappa shape index (κ3) is 3.61. The fourth-order valence-corrected chi connectivity index (χ4v) is 2.84. The maximum absolute atomic E-state index is 5.86. The van der Waals surface area contributed by atoms with Gasteiger partial charge in [0.15, 0.2) is 17.1 Å². The summed E-state index contributed by atoms with van der Waals surface area (Å²) in [7, 11) is 0. The van der Waals surface area contributed by atoms with Crippen molar-refractivity contribution in [3.8, 4) is 11.5 Å². The topological polar surface area (TPSA) is 49.3 Å². The van der Waals surface area contributed by atoms with Crippen molar-refractivity contribution in [3.05, 3.63) is 23.8 Å². The zero-order chi connectivity index (χ0) is 16.3. The molecule has 1 aromatic carbocycles. The molecule has 1 fully saturated rings. The molecule has 2 aliphatic rings. The number of oxime groups is 1. The molecule has 1 unspecified atom stereocenters. The van der Waals surface area contributed by atoms with Crippen LogP contribution in [-0.4, -0.2) is 37.2 Å². The van der Waals surface area contributed by atoms with Crippen LogP contribution >= 0.6 is 0 Å². The molecule has 0 amide bonds. The van der Waals surface area contributed by atoms with Crippen molar-refractivity contribution >= 4 is 5.71 Å². The molecule has 1 saturated heterocycles. The van der Waals surface area contributed by atoms with Crippen molar-refractivity contribution in [1.82, 2.24) is 0 Å². The van der Waals surface area contributed by atoms with Crippen molar-refractivity contribution in [1.29, 1.82) is 0 Å². The Balaban J connectivity index is 1.79. The Bertz CT molecular complexity index is 576. The molecule has 23 heavy (non-hydrogen) atoms. The Hall–Kier alpha value is -1.75. The summed E-state index contributed by atoms with van der Waals surface area (Å²) < 4.78 is 17.2. The summed E-state index contributed by atoms with van der Waals surface area (Å²) >= 11 is 0. The summed E-state index contributed by atoms with van der Waals surface area (Å²) in [6.07, 6.45) is 2.74. The summed E-state index contributed by atoms with van der Waals surface area (Å²) in [6.45, 7) is 8.14. The van der Waals surface area contributed by atoms with Gasteiger partial charge in [-0.15, -0.1) is 0 Å². The Morgan fingerprint density at radius 2 is 2.17 bits per heavy atom. The molecule has 5 heteroatoms. The van der Waals surface area contributed by atoms with Crippen molar-refractivity contribution in [3.63, 3.8) is 0 Å². The van der Waals surface area contributed by atoms with Crippen molar-refractivity contribution in [2.75, 3.05) is 19.8 Å². The van der Waals surface area contributed by atoms with E-state index in [1.807, 2.05) is 32.0 Å². The first-order valence-electron chi connectivity index (χ1n) is 8.38. The maximum Gasteiger partial charge on any atom is 0.168 e. The van der Waals surface area contributed by atoms with Gasteiger partial charge >= 0.3 is 0 Å². The van der Waals surface area contributed by atoms with Crippen molar-refractivity contribution in [2.45, 2.75) is 51.7 Å². The van der Waals surface area contributed by atoms with Crippen LogP contribution in [-0.2, 0) is 9.57 Å². The Kier molecular flexibility index (Phi) is 4.76. The predicted octanol–water partition coefficient (Wildman–Crippen LogP) is 3.55. The zero-order valence-corrected chi connectivity index (χ0v) is 14.1. The van der Waals surface area contributed by atoms with E-state index in [1.54, 1.807) is 0 Å². The second kappa shape index (κ2) is 6.79. The molecule has 0 aromatic heterocycles. The SMILES string of the molecule is CCCOc1cc(C2=NOC3(CCOC3)C2)ccc1OC(C)C. The van der Waals surface area contributed by atoms with Gasteiger partial charge in [0.2, 0.25) is 0 Å². The van der Waals surface area contributed by atoms with Gasteiger partial charge in [-0.25, -0.2) is 0 Å². The molecule has 126 valence electrons. The van der Waals surface area contributed by atoms with E-state index in [1.165, 1.54) is 0 Å². The van der Waals surface area contributed by atoms with Crippen LogP contribution in [0.15, 0.2) is 23.4 Å². The molecule has 0 bridgehead atoms. The Morgan fingerprint density at radius 1 is 1.30 bits per heavy atom. The lowest BCUT2D eigenvalue weighted by Crippen LogP contribution is -2.29. The van der Waals surface area contributed by atoms with E-state index in [2.05, 4.69) is 12.1 Å². The number of hydrogen-bond donors (Lipinski definition) is 0. The van der Waals surface area contributed by atoms with E-state index in [0.29, 0.717) is 13.2 Å². The van der Waals surface area contributed by atoms with Crippen LogP contribution in [0.4, 0.5) is 0 Å². The Morgan fingerprint density at radius 3 is 2.87 bits per heavy atom. The van der Waals surface area contributed by atoms with E-state index in [0.717, 1.165) is 48.6 Å². The smallest absolute Gasteiger partial charge is 0.168 e. The average Bonchev–Trinajstić information content (AvgIpc) is 3.16. The van der Waals surface area contributed by atoms with Gasteiger partial charge in [0.25, 0.3) is 0 Å². The number of rotatable bonds is 6. The number of hydrogen-bond acceptors (Lipinski definition) is 5. The van der Waals surface area contributed by atoms with Crippen LogP contribution in [0, 0.1) is 0 Å². The van der Waals surface area contributed by atoms with Crippen LogP contribution in [0.5, 0.6) is 11.5 Å². The molecule has 0 aliphatic carbocycles. The minimum absolute atomic E-state index is 0.107. The standard InChI is InChI=1S/C18H25NO4/c1-4-8-21-17-10-14(5-6-16(17)22-13(2)3)15-11-18(23-19-15)7-9-20-12-18/h5-6,10,13H,4,7-9,11-12H2,1-3H3. The summed E-state index contributed by atoms with van der Waals surface area (Å²) in [6, 6.07) is 5.98. The second-order valence-corrected chi connectivity index (χ2v) is 6.47. The van der Waals surface area contributed by atoms with Crippen LogP contribution in [0.1, 0.15) is 45.6 Å². The highest BCUT2D eigenvalue weighted by Gasteiger charge is 2.43. The third-order valence-corrected chi connectivity index (χ3v) is 4.01. The van der Waals surface area contributed by atoms with Crippen molar-refractivity contribution < 1.29 is 19.0 Å². The van der Waals surface area contributed by atoms with E-state index >= 15 is 0 Å². The fourth-order valence-electron chi connectivity index (χ4n) is 2.84. The van der Waals surface area contributed by atoms with E-state index in [-0.39, 0.29) is 11.7 Å². The summed E-state index contributed by atoms with van der Waals surface area (Å²) in [5.41, 5.74) is 1.72. The molecule has 0 saturated carbocycles. The Labute approximate surface area is 137 Å². The van der Waals surface area contributed by atoms with Gasteiger partial charge in [0.05, 0.1) is 31.6 Å². The zero-order valence-electron chi connectivity index (χ0n) is 14.1. The van der Waals surface area contributed by atoms with Gasteiger partial charge in [-0.2, -0.15) is 0 Å². The van der Waals surface area contributed by atoms with Gasteiger partial charge in [-0.3, -0.25) is 0 Å². The van der Waals surface area contributed by atoms with Gasteiger partial charge in [0, 0.05) is 18.4 Å². The highest BCUT2D eigenvalue weighted by Crippen LogP contribution is 2.36. The minimum Gasteiger partial charge on any atom is -0.490 e. The van der Waals surface area contributed by atoms with Gasteiger partial charge in [0.1, 0.15) is 0 Å². The summed E-state index contributed by atoms with van der Waals surface area (Å²) in [4.78, 5) is 5.68. The molecule has 2 heterocycles. The number of benzene rings is 1. The lowest BCUT2D eigenvalue weighted by molar-refractivity contribution is -0.0237. The number of nitrogens with zero attached hydrogens (tertiary/aromatic N) is 1. The van der Waals surface area contributed by atoms with Crippen LogP contribution in [0.2, 0.25) is 0 Å². The molecule has 3 rings (SSSR count). The van der Waals surface area contributed by atoms with Gasteiger partial charge in [-0.1, -0.05) is 12.1 Å². The van der Waals surface area contributed by atoms with Gasteiger partial charge < -0.3 is 19.0 Å². The van der Waals surface area contributed by atoms with Gasteiger partial charge in [-0.05, 0) is 38.5 Å².